The van der Waals surface area contributed by atoms with Crippen molar-refractivity contribution in [1.29, 1.82) is 0 Å². The Balaban J connectivity index is 1.70. The summed E-state index contributed by atoms with van der Waals surface area (Å²) in [6.45, 7) is 7.49. The summed E-state index contributed by atoms with van der Waals surface area (Å²) >= 11 is 0. The highest BCUT2D eigenvalue weighted by atomic mass is 16.4. The monoisotopic (exact) mass is 373 g/mol. The van der Waals surface area contributed by atoms with Crippen LogP contribution >= 0.6 is 0 Å². The number of aliphatic carboxylic acids is 1. The molecule has 0 aromatic carbocycles. The summed E-state index contributed by atoms with van der Waals surface area (Å²) in [5, 5.41) is 17.7. The number of rotatable bonds is 6. The first kappa shape index (κ1) is 19.1. The minimum Gasteiger partial charge on any atom is -0.480 e. The number of piperidine rings is 1. The minimum atomic E-state index is -0.917. The summed E-state index contributed by atoms with van der Waals surface area (Å²) in [5.41, 5.74) is 4.12. The van der Waals surface area contributed by atoms with Gasteiger partial charge in [-0.25, -0.2) is 0 Å². The predicted molar refractivity (Wildman–Crippen MR) is 99.5 cm³/mol. The second kappa shape index (κ2) is 7.94. The fourth-order valence-corrected chi connectivity index (χ4v) is 4.02. The van der Waals surface area contributed by atoms with Crippen LogP contribution in [0.5, 0.6) is 0 Å². The van der Waals surface area contributed by atoms with E-state index < -0.39 is 5.97 Å². The molecule has 1 unspecified atom stereocenters. The maximum Gasteiger partial charge on any atom is 0.325 e. The molecule has 3 heterocycles. The van der Waals surface area contributed by atoms with E-state index >= 15 is 0 Å². The summed E-state index contributed by atoms with van der Waals surface area (Å²) in [6.07, 6.45) is 4.35. The second-order valence-electron chi connectivity index (χ2n) is 7.15. The van der Waals surface area contributed by atoms with Crippen molar-refractivity contribution < 1.29 is 14.7 Å². The predicted octanol–water partition coefficient (Wildman–Crippen LogP) is 1.75. The number of carbonyl (C=O) groups is 2. The van der Waals surface area contributed by atoms with E-state index in [-0.39, 0.29) is 24.9 Å². The Morgan fingerprint density at radius 2 is 2.04 bits per heavy atom. The molecule has 1 aliphatic rings. The van der Waals surface area contributed by atoms with Gasteiger partial charge in [0.25, 0.3) is 0 Å². The van der Waals surface area contributed by atoms with Gasteiger partial charge >= 0.3 is 5.97 Å². The number of aromatic nitrogens is 4. The Morgan fingerprint density at radius 1 is 1.26 bits per heavy atom. The maximum atomic E-state index is 12.9. The third kappa shape index (κ3) is 4.04. The lowest BCUT2D eigenvalue weighted by atomic mass is 9.94. The number of carboxylic acids is 1. The fourth-order valence-electron chi connectivity index (χ4n) is 4.02. The molecule has 1 saturated heterocycles. The van der Waals surface area contributed by atoms with Crippen molar-refractivity contribution in [1.82, 2.24) is 24.5 Å². The first-order valence-corrected chi connectivity index (χ1v) is 9.44. The van der Waals surface area contributed by atoms with Gasteiger partial charge in [-0.2, -0.15) is 10.2 Å². The number of aryl methyl sites for hydroxylation is 1. The lowest BCUT2D eigenvalue weighted by molar-refractivity contribution is -0.138. The molecule has 146 valence electrons. The normalized spacial score (nSPS) is 17.3. The van der Waals surface area contributed by atoms with E-state index in [4.69, 9.17) is 5.11 Å². The summed E-state index contributed by atoms with van der Waals surface area (Å²) in [7, 11) is 0. The Kier molecular flexibility index (Phi) is 5.62. The van der Waals surface area contributed by atoms with Gasteiger partial charge in [-0.3, -0.25) is 19.0 Å². The van der Waals surface area contributed by atoms with E-state index in [2.05, 4.69) is 17.1 Å². The summed E-state index contributed by atoms with van der Waals surface area (Å²) < 4.78 is 3.32. The van der Waals surface area contributed by atoms with Crippen LogP contribution in [0, 0.1) is 13.8 Å². The summed E-state index contributed by atoms with van der Waals surface area (Å²) in [4.78, 5) is 25.8. The molecule has 1 N–H and O–H groups in total. The van der Waals surface area contributed by atoms with E-state index in [1.165, 1.54) is 10.2 Å². The Bertz CT molecular complexity index is 839. The van der Waals surface area contributed by atoms with Gasteiger partial charge in [0.15, 0.2) is 0 Å². The number of nitrogens with zero attached hydrogens (tertiary/aromatic N) is 5. The standard InChI is InChI=1S/C19H27N5O3/c1-4-16-13(2)21-23(14(16)3)11-18(25)22-9-5-6-15(10-22)17-7-8-20-24(17)12-19(26)27/h7-8,15H,4-6,9-12H2,1-3H3,(H,26,27). The molecule has 2 aromatic heterocycles. The molecular weight excluding hydrogens is 346 g/mol. The zero-order valence-corrected chi connectivity index (χ0v) is 16.2. The van der Waals surface area contributed by atoms with E-state index in [1.54, 1.807) is 10.9 Å². The van der Waals surface area contributed by atoms with E-state index in [0.29, 0.717) is 6.54 Å². The van der Waals surface area contributed by atoms with Crippen molar-refractivity contribution >= 4 is 11.9 Å². The van der Waals surface area contributed by atoms with Gasteiger partial charge in [-0.05, 0) is 44.7 Å². The number of hydrogen-bond donors (Lipinski definition) is 1. The van der Waals surface area contributed by atoms with Gasteiger partial charge in [0.2, 0.25) is 5.91 Å². The largest absolute Gasteiger partial charge is 0.480 e. The van der Waals surface area contributed by atoms with E-state index in [9.17, 15) is 9.59 Å². The van der Waals surface area contributed by atoms with Crippen LogP contribution in [0.15, 0.2) is 12.3 Å². The molecule has 3 rings (SSSR count). The molecule has 1 aliphatic heterocycles. The molecule has 1 amide bonds. The number of hydrogen-bond acceptors (Lipinski definition) is 4. The Labute approximate surface area is 158 Å². The number of carboxylic acid groups (broad SMARTS) is 1. The molecule has 0 radical (unpaired) electrons. The van der Waals surface area contributed by atoms with Crippen LogP contribution < -0.4 is 0 Å². The van der Waals surface area contributed by atoms with Crippen LogP contribution in [0.4, 0.5) is 0 Å². The molecular formula is C19H27N5O3. The Morgan fingerprint density at radius 3 is 2.70 bits per heavy atom. The molecule has 0 saturated carbocycles. The lowest BCUT2D eigenvalue weighted by Gasteiger charge is -2.33. The molecule has 1 atom stereocenters. The van der Waals surface area contributed by atoms with Gasteiger partial charge in [0.1, 0.15) is 13.1 Å². The van der Waals surface area contributed by atoms with Crippen LogP contribution in [0.3, 0.4) is 0 Å². The van der Waals surface area contributed by atoms with Crippen molar-refractivity contribution in [3.05, 3.63) is 34.9 Å². The SMILES string of the molecule is CCc1c(C)nn(CC(=O)N2CCCC(c3ccnn3CC(=O)O)C2)c1C. The third-order valence-corrected chi connectivity index (χ3v) is 5.40. The Hall–Kier alpha value is -2.64. The average molecular weight is 373 g/mol. The van der Waals surface area contributed by atoms with Gasteiger partial charge in [-0.15, -0.1) is 0 Å². The number of likely N-dealkylation sites (tertiary alicyclic amines) is 1. The molecule has 0 aliphatic carbocycles. The highest BCUT2D eigenvalue weighted by molar-refractivity contribution is 5.76. The molecule has 0 bridgehead atoms. The molecule has 1 fully saturated rings. The van der Waals surface area contributed by atoms with Gasteiger partial charge < -0.3 is 10.0 Å². The second-order valence-corrected chi connectivity index (χ2v) is 7.15. The minimum absolute atomic E-state index is 0.0530. The van der Waals surface area contributed by atoms with Crippen LogP contribution in [-0.2, 0) is 29.1 Å². The first-order chi connectivity index (χ1) is 12.9. The van der Waals surface area contributed by atoms with Crippen LogP contribution in [0.2, 0.25) is 0 Å². The van der Waals surface area contributed by atoms with E-state index in [0.717, 1.165) is 42.9 Å². The van der Waals surface area contributed by atoms with Crippen molar-refractivity contribution in [2.24, 2.45) is 0 Å². The highest BCUT2D eigenvalue weighted by Gasteiger charge is 2.27. The van der Waals surface area contributed by atoms with Crippen LogP contribution in [0.1, 0.15) is 48.3 Å². The smallest absolute Gasteiger partial charge is 0.325 e. The molecule has 8 nitrogen and oxygen atoms in total. The highest BCUT2D eigenvalue weighted by Crippen LogP contribution is 2.27. The van der Waals surface area contributed by atoms with Crippen molar-refractivity contribution in [2.45, 2.75) is 59.0 Å². The number of amides is 1. The van der Waals surface area contributed by atoms with Crippen molar-refractivity contribution in [2.75, 3.05) is 13.1 Å². The lowest BCUT2D eigenvalue weighted by Crippen LogP contribution is -2.41. The molecule has 2 aromatic rings. The van der Waals surface area contributed by atoms with Crippen LogP contribution in [0.25, 0.3) is 0 Å². The fraction of sp³-hybridized carbons (Fsp3) is 0.579. The van der Waals surface area contributed by atoms with Gasteiger partial charge in [-0.1, -0.05) is 6.92 Å². The average Bonchev–Trinajstić information content (AvgIpc) is 3.19. The maximum absolute atomic E-state index is 12.9. The summed E-state index contributed by atoms with van der Waals surface area (Å²) in [5.74, 6) is -0.756. The molecule has 8 heteroatoms. The van der Waals surface area contributed by atoms with E-state index in [1.807, 2.05) is 24.8 Å². The van der Waals surface area contributed by atoms with Crippen LogP contribution in [-0.4, -0.2) is 54.5 Å². The van der Waals surface area contributed by atoms with Gasteiger partial charge in [0, 0.05) is 36.6 Å². The van der Waals surface area contributed by atoms with Crippen molar-refractivity contribution in [3.8, 4) is 0 Å². The first-order valence-electron chi connectivity index (χ1n) is 9.44. The zero-order chi connectivity index (χ0) is 19.6. The van der Waals surface area contributed by atoms with Crippen molar-refractivity contribution in [3.63, 3.8) is 0 Å². The molecule has 27 heavy (non-hydrogen) atoms. The quantitative estimate of drug-likeness (QED) is 0.833. The molecule has 0 spiro atoms. The number of carbonyl (C=O) groups excluding carboxylic acids is 1. The zero-order valence-electron chi connectivity index (χ0n) is 16.2. The third-order valence-electron chi connectivity index (χ3n) is 5.40. The topological polar surface area (TPSA) is 93.3 Å². The summed E-state index contributed by atoms with van der Waals surface area (Å²) in [6, 6.07) is 1.86. The van der Waals surface area contributed by atoms with Gasteiger partial charge in [0.05, 0.1) is 5.69 Å².